The Morgan fingerprint density at radius 3 is 2.50 bits per heavy atom. The van der Waals surface area contributed by atoms with Gasteiger partial charge in [-0.25, -0.2) is 8.78 Å². The summed E-state index contributed by atoms with van der Waals surface area (Å²) >= 11 is 8.75. The van der Waals surface area contributed by atoms with Crippen LogP contribution in [0.3, 0.4) is 0 Å². The Labute approximate surface area is 162 Å². The first kappa shape index (κ1) is 20.3. The summed E-state index contributed by atoms with van der Waals surface area (Å²) in [6, 6.07) is 2.85. The highest BCUT2D eigenvalue weighted by atomic mass is 79.9. The fraction of sp³-hybridized carbons (Fsp3) is 0.312. The Bertz CT molecular complexity index is 811. The van der Waals surface area contributed by atoms with Crippen molar-refractivity contribution in [1.29, 1.82) is 0 Å². The summed E-state index contributed by atoms with van der Waals surface area (Å²) < 4.78 is 28.5. The smallest absolute Gasteiger partial charge is 0.237 e. The Balaban J connectivity index is 0.000000254. The number of nitrogens with one attached hydrogen (secondary N) is 1. The molecule has 1 atom stereocenters. The lowest BCUT2D eigenvalue weighted by atomic mass is 10.1. The zero-order valence-electron chi connectivity index (χ0n) is 14.0. The summed E-state index contributed by atoms with van der Waals surface area (Å²) in [5.41, 5.74) is -0.122. The molecule has 6 nitrogen and oxygen atoms in total. The molecule has 0 spiro atoms. The number of hydrogen-bond donors (Lipinski definition) is 1. The summed E-state index contributed by atoms with van der Waals surface area (Å²) in [6.07, 6.45) is 2.20. The largest absolute Gasteiger partial charge is 0.345 e. The number of halogens is 4. The van der Waals surface area contributed by atoms with Crippen LogP contribution in [-0.4, -0.2) is 40.1 Å². The maximum atomic E-state index is 13.3. The van der Waals surface area contributed by atoms with E-state index in [1.54, 1.807) is 17.9 Å². The van der Waals surface area contributed by atoms with E-state index in [9.17, 15) is 18.4 Å². The van der Waals surface area contributed by atoms with Crippen molar-refractivity contribution in [2.75, 3.05) is 18.9 Å². The van der Waals surface area contributed by atoms with Gasteiger partial charge in [-0.2, -0.15) is 5.10 Å². The van der Waals surface area contributed by atoms with E-state index in [0.717, 1.165) is 16.6 Å². The average molecular weight is 450 g/mol. The normalized spacial score (nSPS) is 16.3. The zero-order valence-corrected chi connectivity index (χ0v) is 16.3. The summed E-state index contributed by atoms with van der Waals surface area (Å²) in [5, 5.41) is 6.66. The maximum Gasteiger partial charge on any atom is 0.237 e. The van der Waals surface area contributed by atoms with Crippen molar-refractivity contribution < 1.29 is 18.4 Å². The first-order chi connectivity index (χ1) is 12.2. The minimum atomic E-state index is -0.859. The molecule has 1 fully saturated rings. The van der Waals surface area contributed by atoms with Crippen LogP contribution in [0.1, 0.15) is 6.42 Å². The van der Waals surface area contributed by atoms with Gasteiger partial charge in [0.05, 0.1) is 10.2 Å². The van der Waals surface area contributed by atoms with Crippen molar-refractivity contribution in [3.8, 4) is 0 Å². The number of likely N-dealkylation sites (tertiary alicyclic amines) is 1. The minimum Gasteiger partial charge on any atom is -0.345 e. The molecule has 1 saturated heterocycles. The van der Waals surface area contributed by atoms with Gasteiger partial charge in [-0.3, -0.25) is 14.3 Å². The molecule has 2 aromatic rings. The van der Waals surface area contributed by atoms with E-state index in [-0.39, 0.29) is 11.6 Å². The third kappa shape index (κ3) is 5.01. The van der Waals surface area contributed by atoms with E-state index in [2.05, 4.69) is 26.3 Å². The molecule has 0 bridgehead atoms. The summed E-state index contributed by atoms with van der Waals surface area (Å²) in [5.74, 6) is -3.21. The Kier molecular flexibility index (Phi) is 6.71. The van der Waals surface area contributed by atoms with Gasteiger partial charge >= 0.3 is 0 Å². The molecule has 1 aliphatic heterocycles. The van der Waals surface area contributed by atoms with Crippen LogP contribution < -0.4 is 5.32 Å². The second kappa shape index (κ2) is 8.59. The van der Waals surface area contributed by atoms with Crippen LogP contribution in [0.5, 0.6) is 0 Å². The molecule has 0 saturated carbocycles. The predicted octanol–water partition coefficient (Wildman–Crippen LogP) is 3.22. The number of carbonyl (C=O) groups excluding carboxylic acids is 2. The van der Waals surface area contributed by atoms with E-state index in [1.165, 1.54) is 4.90 Å². The molecule has 26 heavy (non-hydrogen) atoms. The number of nitrogens with zero attached hydrogens (tertiary/aromatic N) is 3. The van der Waals surface area contributed by atoms with Crippen molar-refractivity contribution in [2.24, 2.45) is 13.0 Å². The van der Waals surface area contributed by atoms with Crippen molar-refractivity contribution >= 4 is 45.0 Å². The van der Waals surface area contributed by atoms with E-state index >= 15 is 0 Å². The fourth-order valence-electron chi connectivity index (χ4n) is 2.31. The number of aryl methyl sites for hydroxylation is 1. The van der Waals surface area contributed by atoms with Gasteiger partial charge in [0, 0.05) is 32.9 Å². The minimum absolute atomic E-state index is 0.122. The van der Waals surface area contributed by atoms with Crippen molar-refractivity contribution in [1.82, 2.24) is 14.7 Å². The average Bonchev–Trinajstić information content (AvgIpc) is 3.04. The molecule has 2 amide bonds. The van der Waals surface area contributed by atoms with Crippen LogP contribution in [0, 0.1) is 17.6 Å². The lowest BCUT2D eigenvalue weighted by molar-refractivity contribution is -0.134. The van der Waals surface area contributed by atoms with Gasteiger partial charge in [-0.15, -0.1) is 0 Å². The second-order valence-corrected chi connectivity index (χ2v) is 6.87. The highest BCUT2D eigenvalue weighted by molar-refractivity contribution is 9.10. The maximum absolute atomic E-state index is 13.3. The highest BCUT2D eigenvalue weighted by Crippen LogP contribution is 2.21. The Morgan fingerprint density at radius 2 is 2.08 bits per heavy atom. The molecule has 3 rings (SSSR count). The molecular weight excluding hydrogens is 434 g/mol. The molecule has 0 radical (unpaired) electrons. The van der Waals surface area contributed by atoms with E-state index in [4.69, 9.17) is 11.6 Å². The number of hydrogen-bond acceptors (Lipinski definition) is 3. The first-order valence-electron chi connectivity index (χ1n) is 7.54. The van der Waals surface area contributed by atoms with Gasteiger partial charge in [0.2, 0.25) is 11.8 Å². The van der Waals surface area contributed by atoms with Crippen molar-refractivity contribution in [2.45, 2.75) is 6.42 Å². The van der Waals surface area contributed by atoms with Gasteiger partial charge in [0.1, 0.15) is 17.6 Å². The van der Waals surface area contributed by atoms with Gasteiger partial charge in [0.15, 0.2) is 5.15 Å². The van der Waals surface area contributed by atoms with Crippen LogP contribution in [0.2, 0.25) is 5.15 Å². The van der Waals surface area contributed by atoms with Gasteiger partial charge in [-0.1, -0.05) is 11.6 Å². The molecule has 10 heteroatoms. The highest BCUT2D eigenvalue weighted by Gasteiger charge is 2.35. The lowest BCUT2D eigenvalue weighted by Crippen LogP contribution is -2.31. The molecule has 1 N–H and O–H groups in total. The van der Waals surface area contributed by atoms with E-state index in [1.807, 2.05) is 7.05 Å². The van der Waals surface area contributed by atoms with E-state index in [0.29, 0.717) is 24.2 Å². The zero-order chi connectivity index (χ0) is 19.4. The molecule has 2 heterocycles. The third-order valence-electron chi connectivity index (χ3n) is 3.68. The first-order valence-corrected chi connectivity index (χ1v) is 8.71. The molecule has 140 valence electrons. The number of carbonyl (C=O) groups is 2. The number of rotatable bonds is 2. The number of amides is 2. The van der Waals surface area contributed by atoms with Crippen molar-refractivity contribution in [3.63, 3.8) is 0 Å². The number of benzene rings is 1. The molecule has 1 aliphatic rings. The van der Waals surface area contributed by atoms with E-state index < -0.39 is 23.5 Å². The van der Waals surface area contributed by atoms with Gasteiger partial charge < -0.3 is 10.2 Å². The van der Waals surface area contributed by atoms with Gasteiger partial charge in [-0.05, 0) is 34.5 Å². The van der Waals surface area contributed by atoms with Crippen LogP contribution in [0.25, 0.3) is 0 Å². The fourth-order valence-corrected chi connectivity index (χ4v) is 2.85. The summed E-state index contributed by atoms with van der Waals surface area (Å²) in [6.45, 7) is 0.503. The van der Waals surface area contributed by atoms with Crippen molar-refractivity contribution in [3.05, 3.63) is 45.7 Å². The quantitative estimate of drug-likeness (QED) is 0.716. The third-order valence-corrected chi connectivity index (χ3v) is 4.76. The van der Waals surface area contributed by atoms with Crippen LogP contribution in [0.15, 0.2) is 28.9 Å². The molecular formula is C16H16BrClF2N4O2. The van der Waals surface area contributed by atoms with Gasteiger partial charge in [0.25, 0.3) is 0 Å². The predicted molar refractivity (Wildman–Crippen MR) is 96.6 cm³/mol. The summed E-state index contributed by atoms with van der Waals surface area (Å²) in [7, 11) is 3.42. The van der Waals surface area contributed by atoms with Crippen LogP contribution in [0.4, 0.5) is 14.5 Å². The Hall–Kier alpha value is -2.00. The SMILES string of the molecule is CN1CC[C@@H](C(=O)Nc2ccc(F)cc2F)C1=O.Cn1cc(Br)c(Cl)n1. The summed E-state index contributed by atoms with van der Waals surface area (Å²) in [4.78, 5) is 24.8. The van der Waals surface area contributed by atoms with Crippen LogP contribution >= 0.6 is 27.5 Å². The topological polar surface area (TPSA) is 67.2 Å². The second-order valence-electron chi connectivity index (χ2n) is 5.66. The molecule has 1 aromatic heterocycles. The molecule has 0 unspecified atom stereocenters. The Morgan fingerprint density at radius 1 is 1.38 bits per heavy atom. The van der Waals surface area contributed by atoms with Crippen LogP contribution in [-0.2, 0) is 16.6 Å². The number of aromatic nitrogens is 2. The number of anilines is 1. The molecule has 1 aromatic carbocycles. The lowest BCUT2D eigenvalue weighted by Gasteiger charge is -2.11. The molecule has 0 aliphatic carbocycles. The monoisotopic (exact) mass is 448 g/mol. The standard InChI is InChI=1S/C12H12F2N2O2.C4H4BrClN2/c1-16-5-4-8(12(16)18)11(17)15-10-3-2-7(13)6-9(10)14;1-8-2-3(5)4(6)7-8/h2-3,6,8H,4-5H2,1H3,(H,15,17);2H,1H3/t8-;/m0./s1.